The van der Waals surface area contributed by atoms with Crippen LogP contribution in [0.15, 0.2) is 4.34 Å². The van der Waals surface area contributed by atoms with Crippen LogP contribution in [-0.4, -0.2) is 34.4 Å². The number of esters is 1. The molecule has 1 aromatic rings. The predicted molar refractivity (Wildman–Crippen MR) is 77.9 cm³/mol. The highest BCUT2D eigenvalue weighted by Gasteiger charge is 2.23. The van der Waals surface area contributed by atoms with Gasteiger partial charge >= 0.3 is 5.97 Å². The van der Waals surface area contributed by atoms with Gasteiger partial charge in [-0.2, -0.15) is 0 Å². The number of carbonyl (C=O) groups excluding carboxylic acids is 2. The molecule has 0 aromatic carbocycles. The summed E-state index contributed by atoms with van der Waals surface area (Å²) >= 11 is 2.55. The van der Waals surface area contributed by atoms with Gasteiger partial charge in [-0.1, -0.05) is 35.9 Å². The van der Waals surface area contributed by atoms with Crippen molar-refractivity contribution in [2.45, 2.75) is 36.9 Å². The molecule has 20 heavy (non-hydrogen) atoms. The highest BCUT2D eigenvalue weighted by Crippen LogP contribution is 2.28. The van der Waals surface area contributed by atoms with Crippen LogP contribution < -0.4 is 5.32 Å². The van der Waals surface area contributed by atoms with E-state index >= 15 is 0 Å². The summed E-state index contributed by atoms with van der Waals surface area (Å²) in [6, 6.07) is 0. The second-order valence-electron chi connectivity index (χ2n) is 4.44. The number of ether oxygens (including phenoxy) is 1. The monoisotopic (exact) mass is 315 g/mol. The summed E-state index contributed by atoms with van der Waals surface area (Å²) < 4.78 is 5.48. The van der Waals surface area contributed by atoms with Gasteiger partial charge in [0.25, 0.3) is 0 Å². The molecular weight excluding hydrogens is 298 g/mol. The van der Waals surface area contributed by atoms with E-state index in [1.165, 1.54) is 23.1 Å². The van der Waals surface area contributed by atoms with Gasteiger partial charge in [0.2, 0.25) is 11.0 Å². The van der Waals surface area contributed by atoms with Gasteiger partial charge in [-0.25, -0.2) is 0 Å². The van der Waals surface area contributed by atoms with E-state index < -0.39 is 0 Å². The van der Waals surface area contributed by atoms with Gasteiger partial charge in [-0.15, -0.1) is 10.2 Å². The lowest BCUT2D eigenvalue weighted by atomic mass is 10.1. The summed E-state index contributed by atoms with van der Waals surface area (Å²) in [6.45, 7) is 2.14. The highest BCUT2D eigenvalue weighted by atomic mass is 32.2. The standard InChI is InChI=1S/C12H17N3O3S2/c1-2-18-9(16)7-19-12-15-14-11(20-12)13-10(17)8-5-3-4-6-8/h8H,2-7H2,1H3,(H,13,14,17). The molecule has 1 aliphatic carbocycles. The van der Waals surface area contributed by atoms with Crippen molar-refractivity contribution in [2.24, 2.45) is 5.92 Å². The predicted octanol–water partition coefficient (Wildman–Crippen LogP) is 2.32. The van der Waals surface area contributed by atoms with Crippen LogP contribution in [0, 0.1) is 5.92 Å². The van der Waals surface area contributed by atoms with Crippen LogP contribution in [0.25, 0.3) is 0 Å². The highest BCUT2D eigenvalue weighted by molar-refractivity contribution is 8.01. The van der Waals surface area contributed by atoms with Gasteiger partial charge in [0.15, 0.2) is 4.34 Å². The molecule has 1 N–H and O–H groups in total. The molecule has 1 heterocycles. The Bertz CT molecular complexity index is 472. The molecule has 0 unspecified atom stereocenters. The zero-order valence-corrected chi connectivity index (χ0v) is 12.9. The Labute approximate surface area is 125 Å². The first-order chi connectivity index (χ1) is 9.69. The van der Waals surface area contributed by atoms with Crippen LogP contribution in [0.3, 0.4) is 0 Å². The molecule has 8 heteroatoms. The van der Waals surface area contributed by atoms with Crippen molar-refractivity contribution in [1.29, 1.82) is 0 Å². The van der Waals surface area contributed by atoms with E-state index in [-0.39, 0.29) is 23.5 Å². The first-order valence-corrected chi connectivity index (χ1v) is 8.42. The minimum absolute atomic E-state index is 0.0283. The smallest absolute Gasteiger partial charge is 0.316 e. The second kappa shape index (κ2) is 7.58. The topological polar surface area (TPSA) is 81.2 Å². The second-order valence-corrected chi connectivity index (χ2v) is 6.64. The molecule has 1 amide bonds. The number of nitrogens with zero attached hydrogens (tertiary/aromatic N) is 2. The average molecular weight is 315 g/mol. The van der Waals surface area contributed by atoms with E-state index in [9.17, 15) is 9.59 Å². The lowest BCUT2D eigenvalue weighted by Gasteiger charge is -2.06. The van der Waals surface area contributed by atoms with Crippen molar-refractivity contribution >= 4 is 40.1 Å². The third-order valence-corrected chi connectivity index (χ3v) is 4.93. The number of nitrogens with one attached hydrogen (secondary N) is 1. The zero-order chi connectivity index (χ0) is 14.4. The van der Waals surface area contributed by atoms with Gasteiger partial charge in [-0.3, -0.25) is 9.59 Å². The number of hydrogen-bond donors (Lipinski definition) is 1. The quantitative estimate of drug-likeness (QED) is 0.493. The van der Waals surface area contributed by atoms with Crippen molar-refractivity contribution in [3.8, 4) is 0 Å². The number of rotatable bonds is 6. The number of anilines is 1. The molecular formula is C12H17N3O3S2. The Hall–Kier alpha value is -1.15. The SMILES string of the molecule is CCOC(=O)CSc1nnc(NC(=O)C2CCCC2)s1. The fourth-order valence-electron chi connectivity index (χ4n) is 2.04. The van der Waals surface area contributed by atoms with Gasteiger partial charge in [0.1, 0.15) is 0 Å². The number of amides is 1. The van der Waals surface area contributed by atoms with Gasteiger partial charge < -0.3 is 10.1 Å². The van der Waals surface area contributed by atoms with Gasteiger partial charge in [-0.05, 0) is 19.8 Å². The van der Waals surface area contributed by atoms with E-state index in [4.69, 9.17) is 4.74 Å². The number of hydrogen-bond acceptors (Lipinski definition) is 7. The fourth-order valence-corrected chi connectivity index (χ4v) is 3.59. The van der Waals surface area contributed by atoms with E-state index in [0.717, 1.165) is 25.7 Å². The first kappa shape index (κ1) is 15.2. The maximum atomic E-state index is 11.9. The van der Waals surface area contributed by atoms with Gasteiger partial charge in [0, 0.05) is 5.92 Å². The van der Waals surface area contributed by atoms with Gasteiger partial charge in [0.05, 0.1) is 12.4 Å². The van der Waals surface area contributed by atoms with Crippen molar-refractivity contribution in [1.82, 2.24) is 10.2 Å². The van der Waals surface area contributed by atoms with Crippen LogP contribution >= 0.6 is 23.1 Å². The third-order valence-electron chi connectivity index (χ3n) is 2.98. The summed E-state index contributed by atoms with van der Waals surface area (Å²) in [4.78, 5) is 23.1. The number of thioether (sulfide) groups is 1. The van der Waals surface area contributed by atoms with Crippen molar-refractivity contribution < 1.29 is 14.3 Å². The molecule has 0 saturated heterocycles. The van der Waals surface area contributed by atoms with Crippen molar-refractivity contribution in [3.63, 3.8) is 0 Å². The Morgan fingerprint density at radius 2 is 2.15 bits per heavy atom. The van der Waals surface area contributed by atoms with Crippen LogP contribution in [0.5, 0.6) is 0 Å². The van der Waals surface area contributed by atoms with Crippen LogP contribution in [0.1, 0.15) is 32.6 Å². The molecule has 0 spiro atoms. The van der Waals surface area contributed by atoms with Crippen LogP contribution in [0.4, 0.5) is 5.13 Å². The molecule has 0 radical (unpaired) electrons. The normalized spacial score (nSPS) is 15.2. The summed E-state index contributed by atoms with van der Waals surface area (Å²) in [5, 5.41) is 11.1. The van der Waals surface area contributed by atoms with Crippen molar-refractivity contribution in [3.05, 3.63) is 0 Å². The minimum Gasteiger partial charge on any atom is -0.465 e. The Balaban J connectivity index is 1.79. The summed E-state index contributed by atoms with van der Waals surface area (Å²) in [7, 11) is 0. The lowest BCUT2D eigenvalue weighted by Crippen LogP contribution is -2.20. The summed E-state index contributed by atoms with van der Waals surface area (Å²) in [5.74, 6) is 0.0679. The molecule has 1 saturated carbocycles. The summed E-state index contributed by atoms with van der Waals surface area (Å²) in [5.41, 5.74) is 0. The molecule has 1 aliphatic rings. The van der Waals surface area contributed by atoms with E-state index in [1.54, 1.807) is 6.92 Å². The molecule has 0 aliphatic heterocycles. The molecule has 0 atom stereocenters. The van der Waals surface area contributed by atoms with Crippen molar-refractivity contribution in [2.75, 3.05) is 17.7 Å². The van der Waals surface area contributed by atoms with E-state index in [2.05, 4.69) is 15.5 Å². The molecule has 0 bridgehead atoms. The molecule has 6 nitrogen and oxygen atoms in total. The number of carbonyl (C=O) groups is 2. The Morgan fingerprint density at radius 1 is 1.40 bits per heavy atom. The lowest BCUT2D eigenvalue weighted by molar-refractivity contribution is -0.139. The fraction of sp³-hybridized carbons (Fsp3) is 0.667. The first-order valence-electron chi connectivity index (χ1n) is 6.62. The minimum atomic E-state index is -0.274. The van der Waals surface area contributed by atoms with Crippen LogP contribution in [0.2, 0.25) is 0 Å². The van der Waals surface area contributed by atoms with Crippen LogP contribution in [-0.2, 0) is 14.3 Å². The Morgan fingerprint density at radius 3 is 2.85 bits per heavy atom. The maximum Gasteiger partial charge on any atom is 0.316 e. The zero-order valence-electron chi connectivity index (χ0n) is 11.3. The number of aromatic nitrogens is 2. The average Bonchev–Trinajstić information content (AvgIpc) is 3.08. The maximum absolute atomic E-state index is 11.9. The Kier molecular flexibility index (Phi) is 5.78. The van der Waals surface area contributed by atoms with E-state index in [0.29, 0.717) is 16.1 Å². The van der Waals surface area contributed by atoms with E-state index in [1.807, 2.05) is 0 Å². The largest absolute Gasteiger partial charge is 0.465 e. The molecule has 2 rings (SSSR count). The molecule has 1 fully saturated rings. The summed E-state index contributed by atoms with van der Waals surface area (Å²) in [6.07, 6.45) is 4.15. The molecule has 110 valence electrons. The third kappa shape index (κ3) is 4.45. The molecule has 1 aromatic heterocycles.